The van der Waals surface area contributed by atoms with Crippen molar-refractivity contribution in [3.63, 3.8) is 0 Å². The average molecular weight is 476 g/mol. The van der Waals surface area contributed by atoms with Crippen LogP contribution in [0.3, 0.4) is 0 Å². The molecule has 7 heteroatoms. The Bertz CT molecular complexity index is 1270. The maximum atomic E-state index is 13.7. The van der Waals surface area contributed by atoms with Gasteiger partial charge in [-0.15, -0.1) is 0 Å². The van der Waals surface area contributed by atoms with Crippen molar-refractivity contribution in [2.24, 2.45) is 5.92 Å². The maximum Gasteiger partial charge on any atom is 0.300 e. The summed E-state index contributed by atoms with van der Waals surface area (Å²) >= 11 is 0. The van der Waals surface area contributed by atoms with E-state index in [0.29, 0.717) is 40.8 Å². The van der Waals surface area contributed by atoms with Crippen LogP contribution >= 0.6 is 0 Å². The van der Waals surface area contributed by atoms with Crippen molar-refractivity contribution in [3.8, 4) is 11.5 Å². The van der Waals surface area contributed by atoms with Crippen LogP contribution in [0.15, 0.2) is 78.4 Å². The molecular formula is C28H26FNO5. The van der Waals surface area contributed by atoms with Crippen molar-refractivity contribution < 1.29 is 28.6 Å². The number of ether oxygens (including phenoxy) is 2. The number of methoxy groups -OCH3 is 1. The highest BCUT2D eigenvalue weighted by molar-refractivity contribution is 6.51. The number of hydrogen-bond acceptors (Lipinski definition) is 5. The minimum absolute atomic E-state index is 0.0831. The van der Waals surface area contributed by atoms with Crippen molar-refractivity contribution in [2.75, 3.05) is 18.6 Å². The molecular weight excluding hydrogens is 449 g/mol. The molecule has 0 aliphatic carbocycles. The summed E-state index contributed by atoms with van der Waals surface area (Å²) < 4.78 is 24.6. The van der Waals surface area contributed by atoms with Gasteiger partial charge in [-0.05, 0) is 60.0 Å². The van der Waals surface area contributed by atoms with Crippen LogP contribution in [0.4, 0.5) is 10.1 Å². The minimum atomic E-state index is -0.959. The standard InChI is InChI=1S/C28H26FNO5/c1-17(2)16-35-22-13-9-19(10-14-22)26(31)24-25(18-7-11-20(29)12-8-18)30(28(33)27(24)32)21-5-4-6-23(15-21)34-3/h4-15,17,25,31H,16H2,1-3H3/b26-24+. The lowest BCUT2D eigenvalue weighted by molar-refractivity contribution is -0.132. The first kappa shape index (κ1) is 24.0. The lowest BCUT2D eigenvalue weighted by atomic mass is 9.95. The minimum Gasteiger partial charge on any atom is -0.507 e. The zero-order valence-electron chi connectivity index (χ0n) is 19.7. The van der Waals surface area contributed by atoms with E-state index < -0.39 is 23.5 Å². The number of rotatable bonds is 7. The molecule has 35 heavy (non-hydrogen) atoms. The smallest absolute Gasteiger partial charge is 0.300 e. The van der Waals surface area contributed by atoms with Gasteiger partial charge in [0.05, 0.1) is 25.3 Å². The van der Waals surface area contributed by atoms with Gasteiger partial charge in [0.15, 0.2) is 0 Å². The Kier molecular flexibility index (Phi) is 6.87. The second-order valence-electron chi connectivity index (χ2n) is 8.65. The highest BCUT2D eigenvalue weighted by Gasteiger charge is 2.47. The van der Waals surface area contributed by atoms with Gasteiger partial charge in [-0.25, -0.2) is 4.39 Å². The molecule has 1 N–H and O–H groups in total. The fraction of sp³-hybridized carbons (Fsp3) is 0.214. The predicted octanol–water partition coefficient (Wildman–Crippen LogP) is 5.50. The molecule has 0 saturated carbocycles. The van der Waals surface area contributed by atoms with Crippen molar-refractivity contribution >= 4 is 23.1 Å². The van der Waals surface area contributed by atoms with Gasteiger partial charge in [-0.1, -0.05) is 32.0 Å². The van der Waals surface area contributed by atoms with Crippen LogP contribution in [0.5, 0.6) is 11.5 Å². The Morgan fingerprint density at radius 1 is 1.00 bits per heavy atom. The number of hydrogen-bond donors (Lipinski definition) is 1. The van der Waals surface area contributed by atoms with E-state index in [1.165, 1.54) is 36.3 Å². The van der Waals surface area contributed by atoms with Gasteiger partial charge in [0.25, 0.3) is 11.7 Å². The predicted molar refractivity (Wildman–Crippen MR) is 131 cm³/mol. The molecule has 1 atom stereocenters. The summed E-state index contributed by atoms with van der Waals surface area (Å²) in [5, 5.41) is 11.2. The van der Waals surface area contributed by atoms with Gasteiger partial charge in [0.1, 0.15) is 23.1 Å². The fourth-order valence-electron chi connectivity index (χ4n) is 3.95. The summed E-state index contributed by atoms with van der Waals surface area (Å²) in [6, 6.07) is 17.9. The van der Waals surface area contributed by atoms with Crippen LogP contribution in [-0.4, -0.2) is 30.5 Å². The number of nitrogens with zero attached hydrogens (tertiary/aromatic N) is 1. The largest absolute Gasteiger partial charge is 0.507 e. The zero-order valence-corrected chi connectivity index (χ0v) is 19.7. The van der Waals surface area contributed by atoms with Crippen molar-refractivity contribution in [1.29, 1.82) is 0 Å². The van der Waals surface area contributed by atoms with E-state index in [4.69, 9.17) is 9.47 Å². The summed E-state index contributed by atoms with van der Waals surface area (Å²) in [5.41, 5.74) is 1.17. The number of carbonyl (C=O) groups is 2. The first-order valence-electron chi connectivity index (χ1n) is 11.2. The van der Waals surface area contributed by atoms with Gasteiger partial charge >= 0.3 is 0 Å². The molecule has 6 nitrogen and oxygen atoms in total. The number of carbonyl (C=O) groups excluding carboxylic acids is 2. The average Bonchev–Trinajstić information content (AvgIpc) is 3.13. The lowest BCUT2D eigenvalue weighted by Crippen LogP contribution is -2.29. The van der Waals surface area contributed by atoms with Crippen molar-refractivity contribution in [1.82, 2.24) is 0 Å². The van der Waals surface area contributed by atoms with Crippen LogP contribution in [0.1, 0.15) is 31.0 Å². The highest BCUT2D eigenvalue weighted by atomic mass is 19.1. The van der Waals surface area contributed by atoms with E-state index in [2.05, 4.69) is 0 Å². The quantitative estimate of drug-likeness (QED) is 0.278. The Hall–Kier alpha value is -4.13. The van der Waals surface area contributed by atoms with Crippen LogP contribution < -0.4 is 14.4 Å². The normalized spacial score (nSPS) is 17.2. The molecule has 4 rings (SSSR count). The molecule has 0 aromatic heterocycles. The molecule has 1 aliphatic rings. The second-order valence-corrected chi connectivity index (χ2v) is 8.65. The number of Topliss-reactive ketones (excluding diaryl/α,β-unsaturated/α-hetero) is 1. The summed E-state index contributed by atoms with van der Waals surface area (Å²) in [4.78, 5) is 27.7. The highest BCUT2D eigenvalue weighted by Crippen LogP contribution is 2.42. The van der Waals surface area contributed by atoms with E-state index >= 15 is 0 Å². The monoisotopic (exact) mass is 475 g/mol. The number of benzene rings is 3. The van der Waals surface area contributed by atoms with Gasteiger partial charge in [-0.3, -0.25) is 14.5 Å². The van der Waals surface area contributed by atoms with Crippen molar-refractivity contribution in [2.45, 2.75) is 19.9 Å². The second kappa shape index (κ2) is 10.0. The summed E-state index contributed by atoms with van der Waals surface area (Å²) in [5.74, 6) is -0.930. The lowest BCUT2D eigenvalue weighted by Gasteiger charge is -2.25. The summed E-state index contributed by atoms with van der Waals surface area (Å²) in [6.07, 6.45) is 0. The van der Waals surface area contributed by atoms with E-state index in [9.17, 15) is 19.1 Å². The van der Waals surface area contributed by atoms with E-state index in [-0.39, 0.29) is 11.3 Å². The van der Waals surface area contributed by atoms with Crippen LogP contribution in [0.25, 0.3) is 5.76 Å². The Labute approximate surface area is 203 Å². The number of halogens is 1. The van der Waals surface area contributed by atoms with Gasteiger partial charge in [0, 0.05) is 17.3 Å². The SMILES string of the molecule is COc1cccc(N2C(=O)C(=O)/C(=C(/O)c3ccc(OCC(C)C)cc3)C2c2ccc(F)cc2)c1. The number of aliphatic hydroxyl groups excluding tert-OH is 1. The van der Waals surface area contributed by atoms with E-state index in [1.54, 1.807) is 48.5 Å². The van der Waals surface area contributed by atoms with Gasteiger partial charge in [-0.2, -0.15) is 0 Å². The fourth-order valence-corrected chi connectivity index (χ4v) is 3.95. The van der Waals surface area contributed by atoms with Crippen LogP contribution in [-0.2, 0) is 9.59 Å². The zero-order chi connectivity index (χ0) is 25.1. The molecule has 1 saturated heterocycles. The number of ketones is 1. The number of anilines is 1. The van der Waals surface area contributed by atoms with Gasteiger partial charge < -0.3 is 14.6 Å². The molecule has 1 heterocycles. The summed E-state index contributed by atoms with van der Waals surface area (Å²) in [6.45, 7) is 4.62. The molecule has 1 amide bonds. The van der Waals surface area contributed by atoms with E-state index in [0.717, 1.165) is 0 Å². The molecule has 0 radical (unpaired) electrons. The Morgan fingerprint density at radius 3 is 2.31 bits per heavy atom. The molecule has 0 bridgehead atoms. The molecule has 1 unspecified atom stereocenters. The molecule has 0 spiro atoms. The third-order valence-electron chi connectivity index (χ3n) is 5.67. The van der Waals surface area contributed by atoms with Gasteiger partial charge in [0.2, 0.25) is 0 Å². The molecule has 1 fully saturated rings. The Balaban J connectivity index is 1.82. The topological polar surface area (TPSA) is 76.1 Å². The molecule has 1 aliphatic heterocycles. The third kappa shape index (κ3) is 4.89. The van der Waals surface area contributed by atoms with Crippen LogP contribution in [0, 0.1) is 11.7 Å². The first-order chi connectivity index (χ1) is 16.8. The van der Waals surface area contributed by atoms with Crippen LogP contribution in [0.2, 0.25) is 0 Å². The molecule has 3 aromatic carbocycles. The first-order valence-corrected chi connectivity index (χ1v) is 11.2. The molecule has 180 valence electrons. The summed E-state index contributed by atoms with van der Waals surface area (Å²) in [7, 11) is 1.50. The van der Waals surface area contributed by atoms with E-state index in [1.807, 2.05) is 13.8 Å². The maximum absolute atomic E-state index is 13.7. The van der Waals surface area contributed by atoms with Crippen molar-refractivity contribution in [3.05, 3.63) is 95.3 Å². The molecule has 3 aromatic rings. The number of amides is 1. The Morgan fingerprint density at radius 2 is 1.69 bits per heavy atom. The number of aliphatic hydroxyl groups is 1. The third-order valence-corrected chi connectivity index (χ3v) is 5.67.